The molecule has 0 saturated heterocycles. The van der Waals surface area contributed by atoms with Gasteiger partial charge < -0.3 is 19.5 Å². The number of fused-ring (bicyclic) bond motifs is 1. The third-order valence-corrected chi connectivity index (χ3v) is 5.32. The minimum Gasteiger partial charge on any atom is -0.488 e. The van der Waals surface area contributed by atoms with Gasteiger partial charge in [-0.3, -0.25) is 9.59 Å². The van der Waals surface area contributed by atoms with E-state index in [1.54, 1.807) is 18.2 Å². The maximum atomic E-state index is 12.3. The number of nitrogens with one attached hydrogen (secondary N) is 2. The van der Waals surface area contributed by atoms with E-state index in [4.69, 9.17) is 14.2 Å². The fraction of sp³-hybridized carbons (Fsp3) is 0.160. The lowest BCUT2D eigenvalue weighted by atomic mass is 10.2. The fourth-order valence-corrected chi connectivity index (χ4v) is 3.51. The van der Waals surface area contributed by atoms with Crippen LogP contribution in [0.15, 0.2) is 82.4 Å². The summed E-state index contributed by atoms with van der Waals surface area (Å²) in [5.41, 5.74) is 4.12. The van der Waals surface area contributed by atoms with E-state index in [2.05, 4.69) is 31.8 Å². The van der Waals surface area contributed by atoms with Crippen molar-refractivity contribution in [1.82, 2.24) is 10.7 Å². The number of amides is 2. The summed E-state index contributed by atoms with van der Waals surface area (Å²) < 4.78 is 17.9. The van der Waals surface area contributed by atoms with Crippen LogP contribution in [0.1, 0.15) is 11.1 Å². The molecule has 0 aliphatic carbocycles. The number of hydrogen-bond acceptors (Lipinski definition) is 6. The molecule has 1 heterocycles. The van der Waals surface area contributed by atoms with Crippen LogP contribution in [0, 0.1) is 0 Å². The lowest BCUT2D eigenvalue weighted by Gasteiger charge is -2.25. The summed E-state index contributed by atoms with van der Waals surface area (Å²) in [5, 5.41) is 6.51. The number of carbonyl (C=O) groups excluding carboxylic acids is 2. The Morgan fingerprint density at radius 3 is 2.65 bits per heavy atom. The summed E-state index contributed by atoms with van der Waals surface area (Å²) in [4.78, 5) is 24.5. The average molecular weight is 524 g/mol. The number of hydrazone groups is 1. The molecule has 1 atom stereocenters. The highest BCUT2D eigenvalue weighted by molar-refractivity contribution is 9.10. The quantitative estimate of drug-likeness (QED) is 0.348. The zero-order valence-corrected chi connectivity index (χ0v) is 19.7. The van der Waals surface area contributed by atoms with Gasteiger partial charge in [-0.15, -0.1) is 0 Å². The maximum absolute atomic E-state index is 12.3. The van der Waals surface area contributed by atoms with Gasteiger partial charge in [0.15, 0.2) is 11.5 Å². The molecular formula is C25H22BrN3O5. The van der Waals surface area contributed by atoms with Gasteiger partial charge in [0.2, 0.25) is 6.10 Å². The van der Waals surface area contributed by atoms with Gasteiger partial charge >= 0.3 is 0 Å². The molecule has 0 unspecified atom stereocenters. The van der Waals surface area contributed by atoms with Gasteiger partial charge in [0.1, 0.15) is 19.0 Å². The van der Waals surface area contributed by atoms with Crippen molar-refractivity contribution in [3.63, 3.8) is 0 Å². The second-order valence-corrected chi connectivity index (χ2v) is 8.25. The van der Waals surface area contributed by atoms with E-state index >= 15 is 0 Å². The SMILES string of the molecule is O=C(CNC(=O)[C@H]1COc2ccccc2O1)N/N=C\c1cc(Br)ccc1OCc1ccccc1. The van der Waals surface area contributed by atoms with Gasteiger partial charge in [-0.2, -0.15) is 5.10 Å². The monoisotopic (exact) mass is 523 g/mol. The molecule has 0 aromatic heterocycles. The summed E-state index contributed by atoms with van der Waals surface area (Å²) >= 11 is 3.43. The van der Waals surface area contributed by atoms with Gasteiger partial charge in [-0.25, -0.2) is 5.43 Å². The first-order chi connectivity index (χ1) is 16.6. The smallest absolute Gasteiger partial charge is 0.265 e. The molecule has 8 nitrogen and oxygen atoms in total. The van der Waals surface area contributed by atoms with E-state index in [1.807, 2.05) is 54.6 Å². The normalized spacial score (nSPS) is 14.4. The molecule has 0 spiro atoms. The van der Waals surface area contributed by atoms with Gasteiger partial charge in [-0.1, -0.05) is 58.4 Å². The van der Waals surface area contributed by atoms with Crippen molar-refractivity contribution >= 4 is 34.0 Å². The van der Waals surface area contributed by atoms with Crippen LogP contribution >= 0.6 is 15.9 Å². The van der Waals surface area contributed by atoms with Crippen molar-refractivity contribution in [3.05, 3.63) is 88.4 Å². The summed E-state index contributed by atoms with van der Waals surface area (Å²) in [6, 6.07) is 22.4. The van der Waals surface area contributed by atoms with Gasteiger partial charge in [0.05, 0.1) is 12.8 Å². The van der Waals surface area contributed by atoms with Gasteiger partial charge in [0, 0.05) is 10.0 Å². The van der Waals surface area contributed by atoms with E-state index in [9.17, 15) is 9.59 Å². The van der Waals surface area contributed by atoms with Crippen molar-refractivity contribution in [2.75, 3.05) is 13.2 Å². The zero-order chi connectivity index (χ0) is 23.8. The molecule has 3 aromatic carbocycles. The minimum absolute atomic E-state index is 0.0667. The predicted molar refractivity (Wildman–Crippen MR) is 130 cm³/mol. The Kier molecular flexibility index (Phi) is 7.77. The Bertz CT molecular complexity index is 1190. The topological polar surface area (TPSA) is 98.3 Å². The molecule has 1 aliphatic heterocycles. The number of para-hydroxylation sites is 2. The highest BCUT2D eigenvalue weighted by atomic mass is 79.9. The number of rotatable bonds is 8. The first kappa shape index (κ1) is 23.3. The van der Waals surface area contributed by atoms with Crippen LogP contribution in [-0.2, 0) is 16.2 Å². The molecule has 0 fully saturated rings. The number of halogens is 1. The number of nitrogens with zero attached hydrogens (tertiary/aromatic N) is 1. The van der Waals surface area contributed by atoms with Crippen LogP contribution in [0.3, 0.4) is 0 Å². The summed E-state index contributed by atoms with van der Waals surface area (Å²) in [6.07, 6.45) is 0.650. The molecule has 1 aliphatic rings. The van der Waals surface area contributed by atoms with E-state index in [1.165, 1.54) is 6.21 Å². The minimum atomic E-state index is -0.836. The van der Waals surface area contributed by atoms with Crippen LogP contribution in [0.25, 0.3) is 0 Å². The molecular weight excluding hydrogens is 502 g/mol. The van der Waals surface area contributed by atoms with Crippen molar-refractivity contribution < 1.29 is 23.8 Å². The number of carbonyl (C=O) groups is 2. The maximum Gasteiger partial charge on any atom is 0.265 e. The molecule has 3 aromatic rings. The molecule has 4 rings (SSSR count). The van der Waals surface area contributed by atoms with Crippen molar-refractivity contribution in [2.45, 2.75) is 12.7 Å². The Morgan fingerprint density at radius 2 is 1.82 bits per heavy atom. The van der Waals surface area contributed by atoms with Crippen LogP contribution in [-0.4, -0.2) is 37.3 Å². The molecule has 34 heavy (non-hydrogen) atoms. The van der Waals surface area contributed by atoms with E-state index in [0.717, 1.165) is 10.0 Å². The molecule has 0 radical (unpaired) electrons. The lowest BCUT2D eigenvalue weighted by molar-refractivity contribution is -0.132. The largest absolute Gasteiger partial charge is 0.488 e. The summed E-state index contributed by atoms with van der Waals surface area (Å²) in [5.74, 6) is 0.759. The average Bonchev–Trinajstić information content (AvgIpc) is 2.87. The van der Waals surface area contributed by atoms with Crippen LogP contribution in [0.4, 0.5) is 0 Å². The second kappa shape index (κ2) is 11.3. The van der Waals surface area contributed by atoms with E-state index < -0.39 is 17.9 Å². The van der Waals surface area contributed by atoms with Crippen molar-refractivity contribution in [3.8, 4) is 17.2 Å². The molecule has 2 amide bonds. The lowest BCUT2D eigenvalue weighted by Crippen LogP contribution is -2.46. The van der Waals surface area contributed by atoms with E-state index in [-0.39, 0.29) is 13.2 Å². The summed E-state index contributed by atoms with van der Waals surface area (Å²) in [6.45, 7) is 0.212. The molecule has 9 heteroatoms. The zero-order valence-electron chi connectivity index (χ0n) is 18.1. The van der Waals surface area contributed by atoms with E-state index in [0.29, 0.717) is 29.4 Å². The van der Waals surface area contributed by atoms with Gasteiger partial charge in [-0.05, 0) is 35.9 Å². The van der Waals surface area contributed by atoms with Crippen molar-refractivity contribution in [1.29, 1.82) is 0 Å². The highest BCUT2D eigenvalue weighted by Gasteiger charge is 2.27. The molecule has 174 valence electrons. The number of hydrogen-bond donors (Lipinski definition) is 2. The standard InChI is InChI=1S/C25H22BrN3O5/c26-19-10-11-20(32-15-17-6-2-1-3-7-17)18(12-19)13-28-29-24(30)14-27-25(31)23-16-33-21-8-4-5-9-22(21)34-23/h1-13,23H,14-16H2,(H,27,31)(H,29,30)/b28-13-/t23-/m1/s1. The van der Waals surface area contributed by atoms with Crippen LogP contribution < -0.4 is 25.0 Å². The highest BCUT2D eigenvalue weighted by Crippen LogP contribution is 2.30. The number of benzene rings is 3. The van der Waals surface area contributed by atoms with Gasteiger partial charge in [0.25, 0.3) is 11.8 Å². The Morgan fingerprint density at radius 1 is 1.06 bits per heavy atom. The Balaban J connectivity index is 1.27. The number of ether oxygens (including phenoxy) is 3. The predicted octanol–water partition coefficient (Wildman–Crippen LogP) is 3.43. The third kappa shape index (κ3) is 6.35. The summed E-state index contributed by atoms with van der Waals surface area (Å²) in [7, 11) is 0. The third-order valence-electron chi connectivity index (χ3n) is 4.83. The molecule has 0 bridgehead atoms. The first-order valence-electron chi connectivity index (χ1n) is 10.5. The Labute approximate surface area is 205 Å². The second-order valence-electron chi connectivity index (χ2n) is 7.33. The van der Waals surface area contributed by atoms with Crippen LogP contribution in [0.5, 0.6) is 17.2 Å². The Hall–Kier alpha value is -3.85. The first-order valence-corrected chi connectivity index (χ1v) is 11.3. The van der Waals surface area contributed by atoms with Crippen molar-refractivity contribution in [2.24, 2.45) is 5.10 Å². The molecule has 2 N–H and O–H groups in total. The fourth-order valence-electron chi connectivity index (χ4n) is 3.13. The van der Waals surface area contributed by atoms with Crippen LogP contribution in [0.2, 0.25) is 0 Å². The molecule has 0 saturated carbocycles.